The van der Waals surface area contributed by atoms with Gasteiger partial charge in [-0.25, -0.2) is 4.39 Å². The summed E-state index contributed by atoms with van der Waals surface area (Å²) in [5.41, 5.74) is 4.76. The van der Waals surface area contributed by atoms with Crippen LogP contribution in [0.1, 0.15) is 18.1 Å². The Bertz CT molecular complexity index is 1410. The van der Waals surface area contributed by atoms with Crippen LogP contribution in [0.25, 0.3) is 27.7 Å². The summed E-state index contributed by atoms with van der Waals surface area (Å²) >= 11 is 0. The van der Waals surface area contributed by atoms with Crippen LogP contribution in [0, 0.1) is 5.82 Å². The fourth-order valence-corrected chi connectivity index (χ4v) is 4.07. The first kappa shape index (κ1) is 24.9. The lowest BCUT2D eigenvalue weighted by Crippen LogP contribution is -2.23. The summed E-state index contributed by atoms with van der Waals surface area (Å²) in [5, 5.41) is 3.73. The predicted molar refractivity (Wildman–Crippen MR) is 138 cm³/mol. The second kappa shape index (κ2) is 11.0. The van der Waals surface area contributed by atoms with Crippen molar-refractivity contribution in [3.05, 3.63) is 83.9 Å². The highest BCUT2D eigenvalue weighted by Crippen LogP contribution is 2.41. The van der Waals surface area contributed by atoms with Gasteiger partial charge in [0, 0.05) is 40.8 Å². The van der Waals surface area contributed by atoms with E-state index in [0.717, 1.165) is 33.2 Å². The van der Waals surface area contributed by atoms with Crippen molar-refractivity contribution in [3.8, 4) is 28.4 Å². The van der Waals surface area contributed by atoms with E-state index in [4.69, 9.17) is 18.6 Å². The van der Waals surface area contributed by atoms with Crippen molar-refractivity contribution in [3.63, 3.8) is 0 Å². The maximum absolute atomic E-state index is 13.1. The number of ether oxygens (including phenoxy) is 3. The number of benzene rings is 3. The van der Waals surface area contributed by atoms with E-state index in [0.29, 0.717) is 35.8 Å². The molecule has 4 rings (SSSR count). The van der Waals surface area contributed by atoms with E-state index < -0.39 is 0 Å². The summed E-state index contributed by atoms with van der Waals surface area (Å²) in [4.78, 5) is 12.6. The maximum Gasteiger partial charge on any atom is 0.244 e. The molecule has 0 fully saturated rings. The number of rotatable bonds is 9. The number of furan rings is 1. The van der Waals surface area contributed by atoms with Gasteiger partial charge in [0.15, 0.2) is 0 Å². The van der Waals surface area contributed by atoms with Crippen molar-refractivity contribution < 1.29 is 27.8 Å². The van der Waals surface area contributed by atoms with E-state index in [-0.39, 0.29) is 11.7 Å². The molecule has 36 heavy (non-hydrogen) atoms. The molecule has 0 saturated heterocycles. The molecule has 1 heterocycles. The van der Waals surface area contributed by atoms with Gasteiger partial charge in [0.25, 0.3) is 0 Å². The summed E-state index contributed by atoms with van der Waals surface area (Å²) in [6.07, 6.45) is 3.82. The zero-order valence-corrected chi connectivity index (χ0v) is 20.7. The topological polar surface area (TPSA) is 69.9 Å². The second-order valence-electron chi connectivity index (χ2n) is 8.26. The molecule has 0 aliphatic heterocycles. The Balaban J connectivity index is 1.61. The number of fused-ring (bicyclic) bond motifs is 1. The van der Waals surface area contributed by atoms with Crippen LogP contribution in [-0.2, 0) is 11.2 Å². The first-order chi connectivity index (χ1) is 17.4. The van der Waals surface area contributed by atoms with E-state index in [2.05, 4.69) is 5.32 Å². The third-order valence-corrected chi connectivity index (χ3v) is 5.99. The van der Waals surface area contributed by atoms with E-state index in [1.807, 2.05) is 37.3 Å². The minimum atomic E-state index is -0.280. The third kappa shape index (κ3) is 5.35. The Morgan fingerprint density at radius 1 is 0.944 bits per heavy atom. The van der Waals surface area contributed by atoms with Gasteiger partial charge < -0.3 is 23.9 Å². The number of nitrogens with one attached hydrogen (secondary N) is 1. The number of allylic oxidation sites excluding steroid dienone is 1. The van der Waals surface area contributed by atoms with Gasteiger partial charge in [0.2, 0.25) is 5.91 Å². The molecular formula is C29H28FNO5. The van der Waals surface area contributed by atoms with Crippen molar-refractivity contribution in [2.24, 2.45) is 0 Å². The normalized spacial score (nSPS) is 11.4. The number of carbonyl (C=O) groups is 1. The molecule has 1 aromatic heterocycles. The fraction of sp³-hybridized carbons (Fsp3) is 0.207. The highest BCUT2D eigenvalue weighted by atomic mass is 19.1. The molecular weight excluding hydrogens is 461 g/mol. The van der Waals surface area contributed by atoms with Crippen LogP contribution < -0.4 is 19.5 Å². The number of hydrogen-bond acceptors (Lipinski definition) is 5. The SMILES string of the molecule is COc1ccc(OC)c(-c2coc3cc(OC)c(/C(C)=C/C(=O)NCCc4ccc(F)cc4)cc23)c1. The Morgan fingerprint density at radius 3 is 2.39 bits per heavy atom. The molecule has 3 aromatic carbocycles. The molecule has 0 unspecified atom stereocenters. The van der Waals surface area contributed by atoms with Crippen LogP contribution >= 0.6 is 0 Å². The number of hydrogen-bond donors (Lipinski definition) is 1. The molecule has 0 atom stereocenters. The van der Waals surface area contributed by atoms with Crippen molar-refractivity contribution in [2.45, 2.75) is 13.3 Å². The van der Waals surface area contributed by atoms with Crippen LogP contribution in [0.5, 0.6) is 17.2 Å². The largest absolute Gasteiger partial charge is 0.497 e. The Morgan fingerprint density at radius 2 is 1.69 bits per heavy atom. The minimum Gasteiger partial charge on any atom is -0.497 e. The minimum absolute atomic E-state index is 0.223. The zero-order chi connectivity index (χ0) is 25.7. The smallest absolute Gasteiger partial charge is 0.244 e. The monoisotopic (exact) mass is 489 g/mol. The van der Waals surface area contributed by atoms with Crippen molar-refractivity contribution in [1.82, 2.24) is 5.32 Å². The summed E-state index contributed by atoms with van der Waals surface area (Å²) in [6.45, 7) is 2.29. The Kier molecular flexibility index (Phi) is 7.59. The zero-order valence-electron chi connectivity index (χ0n) is 20.7. The molecule has 4 aromatic rings. The molecule has 6 nitrogen and oxygen atoms in total. The molecule has 0 saturated carbocycles. The molecule has 0 radical (unpaired) electrons. The molecule has 0 aliphatic rings. The van der Waals surface area contributed by atoms with Gasteiger partial charge >= 0.3 is 0 Å². The van der Waals surface area contributed by atoms with Gasteiger partial charge in [-0.05, 0) is 60.9 Å². The van der Waals surface area contributed by atoms with Gasteiger partial charge in [0.1, 0.15) is 28.6 Å². The first-order valence-corrected chi connectivity index (χ1v) is 11.5. The molecule has 186 valence electrons. The molecule has 1 amide bonds. The van der Waals surface area contributed by atoms with Gasteiger partial charge in [0.05, 0.1) is 27.6 Å². The van der Waals surface area contributed by atoms with Crippen LogP contribution in [0.15, 0.2) is 71.4 Å². The predicted octanol–water partition coefficient (Wildman–Crippen LogP) is 6.03. The highest BCUT2D eigenvalue weighted by Gasteiger charge is 2.18. The van der Waals surface area contributed by atoms with Gasteiger partial charge in [-0.2, -0.15) is 0 Å². The third-order valence-electron chi connectivity index (χ3n) is 5.99. The number of halogens is 1. The van der Waals surface area contributed by atoms with E-state index in [1.54, 1.807) is 45.8 Å². The maximum atomic E-state index is 13.1. The summed E-state index contributed by atoms with van der Waals surface area (Å²) < 4.78 is 35.5. The van der Waals surface area contributed by atoms with E-state index in [1.165, 1.54) is 12.1 Å². The molecule has 0 spiro atoms. The van der Waals surface area contributed by atoms with Crippen molar-refractivity contribution in [2.75, 3.05) is 27.9 Å². The lowest BCUT2D eigenvalue weighted by Gasteiger charge is -2.12. The standard InChI is InChI=1S/C29H28FNO5/c1-18(13-29(32)31-12-11-19-5-7-20(30)8-6-19)22-15-24-25(17-36-28(24)16-27(22)35-4)23-14-21(33-2)9-10-26(23)34-3/h5-10,13-17H,11-12H2,1-4H3,(H,31,32)/b18-13+. The molecule has 0 bridgehead atoms. The quantitative estimate of drug-likeness (QED) is 0.291. The lowest BCUT2D eigenvalue weighted by molar-refractivity contribution is -0.116. The van der Waals surface area contributed by atoms with Gasteiger partial charge in [-0.1, -0.05) is 12.1 Å². The van der Waals surface area contributed by atoms with Crippen LogP contribution in [-0.4, -0.2) is 33.8 Å². The van der Waals surface area contributed by atoms with Crippen LogP contribution in [0.2, 0.25) is 0 Å². The number of carbonyl (C=O) groups excluding carboxylic acids is 1. The summed E-state index contributed by atoms with van der Waals surface area (Å²) in [6, 6.07) is 15.6. The Labute approximate surface area is 209 Å². The van der Waals surface area contributed by atoms with Crippen molar-refractivity contribution >= 4 is 22.4 Å². The fourth-order valence-electron chi connectivity index (χ4n) is 4.07. The highest BCUT2D eigenvalue weighted by molar-refractivity contribution is 6.01. The average Bonchev–Trinajstić information content (AvgIpc) is 3.31. The summed E-state index contributed by atoms with van der Waals surface area (Å²) in [5.74, 6) is 1.47. The first-order valence-electron chi connectivity index (χ1n) is 11.5. The average molecular weight is 490 g/mol. The van der Waals surface area contributed by atoms with Crippen LogP contribution in [0.4, 0.5) is 4.39 Å². The van der Waals surface area contributed by atoms with E-state index >= 15 is 0 Å². The number of methoxy groups -OCH3 is 3. The van der Waals surface area contributed by atoms with Gasteiger partial charge in [-0.15, -0.1) is 0 Å². The Hall–Kier alpha value is -4.26. The second-order valence-corrected chi connectivity index (χ2v) is 8.26. The van der Waals surface area contributed by atoms with Gasteiger partial charge in [-0.3, -0.25) is 4.79 Å². The number of amides is 1. The molecule has 0 aliphatic carbocycles. The van der Waals surface area contributed by atoms with Crippen molar-refractivity contribution in [1.29, 1.82) is 0 Å². The lowest BCUT2D eigenvalue weighted by atomic mass is 9.98. The molecule has 7 heteroatoms. The van der Waals surface area contributed by atoms with E-state index in [9.17, 15) is 9.18 Å². The van der Waals surface area contributed by atoms with Crippen LogP contribution in [0.3, 0.4) is 0 Å². The summed E-state index contributed by atoms with van der Waals surface area (Å²) in [7, 11) is 4.81. The molecule has 1 N–H and O–H groups in total.